The number of ether oxygens (including phenoxy) is 1. The zero-order valence-electron chi connectivity index (χ0n) is 9.99. The van der Waals surface area contributed by atoms with Gasteiger partial charge in [-0.25, -0.2) is 0 Å². The molecule has 0 amide bonds. The molecule has 88 valence electrons. The van der Waals surface area contributed by atoms with Crippen molar-refractivity contribution in [1.29, 1.82) is 0 Å². The molecule has 1 rings (SSSR count). The van der Waals surface area contributed by atoms with Crippen molar-refractivity contribution in [3.8, 4) is 0 Å². The minimum absolute atomic E-state index is 0.268. The second kappa shape index (κ2) is 5.23. The highest BCUT2D eigenvalue weighted by Gasteiger charge is 2.24. The third-order valence-electron chi connectivity index (χ3n) is 2.24. The van der Waals surface area contributed by atoms with E-state index in [1.165, 1.54) is 13.8 Å². The maximum Gasteiger partial charge on any atom is 0.193 e. The van der Waals surface area contributed by atoms with Crippen molar-refractivity contribution in [2.24, 2.45) is 0 Å². The minimum Gasteiger partial charge on any atom is -0.382 e. The highest BCUT2D eigenvalue weighted by molar-refractivity contribution is 6.01. The van der Waals surface area contributed by atoms with Crippen molar-refractivity contribution < 1.29 is 14.6 Å². The van der Waals surface area contributed by atoms with Gasteiger partial charge in [0.1, 0.15) is 5.60 Å². The lowest BCUT2D eigenvalue weighted by atomic mass is 9.96. The molecular formula is C13H18O3. The van der Waals surface area contributed by atoms with Crippen LogP contribution in [0.15, 0.2) is 24.3 Å². The number of hydrogen-bond donors (Lipinski definition) is 1. The molecule has 0 saturated heterocycles. The Labute approximate surface area is 96.1 Å². The topological polar surface area (TPSA) is 46.5 Å². The van der Waals surface area contributed by atoms with Crippen molar-refractivity contribution in [3.05, 3.63) is 35.4 Å². The molecule has 0 heterocycles. The van der Waals surface area contributed by atoms with E-state index in [0.29, 0.717) is 18.8 Å². The van der Waals surface area contributed by atoms with Crippen LogP contribution in [0.1, 0.15) is 36.7 Å². The van der Waals surface area contributed by atoms with Gasteiger partial charge >= 0.3 is 0 Å². The molecule has 3 heteroatoms. The number of carbonyl (C=O) groups excluding carboxylic acids is 1. The van der Waals surface area contributed by atoms with Gasteiger partial charge in [0.15, 0.2) is 5.78 Å². The quantitative estimate of drug-likeness (QED) is 0.777. The first-order chi connectivity index (χ1) is 7.45. The molecular weight excluding hydrogens is 204 g/mol. The molecule has 0 bridgehead atoms. The molecule has 1 aromatic carbocycles. The number of benzene rings is 1. The van der Waals surface area contributed by atoms with Gasteiger partial charge in [0.2, 0.25) is 0 Å². The third-order valence-corrected chi connectivity index (χ3v) is 2.24. The van der Waals surface area contributed by atoms with E-state index in [1.807, 2.05) is 19.1 Å². The van der Waals surface area contributed by atoms with Crippen LogP contribution in [0, 0.1) is 0 Å². The van der Waals surface area contributed by atoms with Crippen molar-refractivity contribution in [3.63, 3.8) is 0 Å². The normalized spacial score (nSPS) is 11.5. The number of aliphatic hydroxyl groups is 1. The second-order valence-electron chi connectivity index (χ2n) is 4.22. The summed E-state index contributed by atoms with van der Waals surface area (Å²) in [6, 6.07) is 7.12. The van der Waals surface area contributed by atoms with Crippen LogP contribution in [0.25, 0.3) is 0 Å². The van der Waals surface area contributed by atoms with Crippen LogP contribution in [-0.2, 0) is 11.3 Å². The lowest BCUT2D eigenvalue weighted by Gasteiger charge is -2.15. The fourth-order valence-corrected chi connectivity index (χ4v) is 1.33. The summed E-state index contributed by atoms with van der Waals surface area (Å²) >= 11 is 0. The zero-order chi connectivity index (χ0) is 12.2. The van der Waals surface area contributed by atoms with Crippen LogP contribution in [0.5, 0.6) is 0 Å². The predicted molar refractivity (Wildman–Crippen MR) is 62.4 cm³/mol. The van der Waals surface area contributed by atoms with E-state index in [1.54, 1.807) is 12.1 Å². The monoisotopic (exact) mass is 222 g/mol. The Kier molecular flexibility index (Phi) is 4.21. The number of Topliss-reactive ketones (excluding diaryl/α,β-unsaturated/α-hetero) is 1. The number of hydrogen-bond acceptors (Lipinski definition) is 3. The maximum absolute atomic E-state index is 11.7. The van der Waals surface area contributed by atoms with Crippen LogP contribution in [-0.4, -0.2) is 23.1 Å². The van der Waals surface area contributed by atoms with Crippen molar-refractivity contribution >= 4 is 5.78 Å². The zero-order valence-corrected chi connectivity index (χ0v) is 9.99. The summed E-state index contributed by atoms with van der Waals surface area (Å²) in [5.74, 6) is -0.268. The Morgan fingerprint density at radius 1 is 1.31 bits per heavy atom. The molecule has 0 unspecified atom stereocenters. The Hall–Kier alpha value is -1.19. The standard InChI is InChI=1S/C13H18O3/c1-4-16-9-10-5-7-11(8-6-10)12(14)13(2,3)15/h5-8,15H,4,9H2,1-3H3. The number of carbonyl (C=O) groups is 1. The highest BCUT2D eigenvalue weighted by Crippen LogP contribution is 2.13. The molecule has 0 radical (unpaired) electrons. The average molecular weight is 222 g/mol. The molecule has 0 aromatic heterocycles. The lowest BCUT2D eigenvalue weighted by Crippen LogP contribution is -2.31. The molecule has 0 aliphatic rings. The summed E-state index contributed by atoms with van der Waals surface area (Å²) in [5, 5.41) is 9.58. The summed E-state index contributed by atoms with van der Waals surface area (Å²) in [5.41, 5.74) is 0.225. The van der Waals surface area contributed by atoms with E-state index in [2.05, 4.69) is 0 Å². The van der Waals surface area contributed by atoms with Crippen molar-refractivity contribution in [2.45, 2.75) is 33.0 Å². The largest absolute Gasteiger partial charge is 0.382 e. The fourth-order valence-electron chi connectivity index (χ4n) is 1.33. The van der Waals surface area contributed by atoms with Gasteiger partial charge in [0.25, 0.3) is 0 Å². The van der Waals surface area contributed by atoms with Crippen LogP contribution < -0.4 is 0 Å². The smallest absolute Gasteiger partial charge is 0.193 e. The second-order valence-corrected chi connectivity index (χ2v) is 4.22. The van der Waals surface area contributed by atoms with Gasteiger partial charge < -0.3 is 9.84 Å². The van der Waals surface area contributed by atoms with Gasteiger partial charge in [-0.1, -0.05) is 24.3 Å². The third kappa shape index (κ3) is 3.43. The van der Waals surface area contributed by atoms with Gasteiger partial charge in [0.05, 0.1) is 6.61 Å². The van der Waals surface area contributed by atoms with E-state index < -0.39 is 5.60 Å². The van der Waals surface area contributed by atoms with Gasteiger partial charge in [-0.15, -0.1) is 0 Å². The van der Waals surface area contributed by atoms with Gasteiger partial charge in [-0.3, -0.25) is 4.79 Å². The van der Waals surface area contributed by atoms with Crippen molar-refractivity contribution in [1.82, 2.24) is 0 Å². The van der Waals surface area contributed by atoms with Gasteiger partial charge in [0, 0.05) is 12.2 Å². The summed E-state index contributed by atoms with van der Waals surface area (Å²) in [7, 11) is 0. The summed E-state index contributed by atoms with van der Waals surface area (Å²) in [4.78, 5) is 11.7. The molecule has 3 nitrogen and oxygen atoms in total. The Bertz CT molecular complexity index is 346. The maximum atomic E-state index is 11.7. The van der Waals surface area contributed by atoms with Crippen LogP contribution in [0.4, 0.5) is 0 Å². The average Bonchev–Trinajstić information content (AvgIpc) is 2.25. The summed E-state index contributed by atoms with van der Waals surface area (Å²) in [6.07, 6.45) is 0. The first-order valence-corrected chi connectivity index (χ1v) is 5.39. The number of rotatable bonds is 5. The van der Waals surface area contributed by atoms with Crippen molar-refractivity contribution in [2.75, 3.05) is 6.61 Å². The van der Waals surface area contributed by atoms with Crippen LogP contribution in [0.2, 0.25) is 0 Å². The number of ketones is 1. The van der Waals surface area contributed by atoms with E-state index in [4.69, 9.17) is 4.74 Å². The van der Waals surface area contributed by atoms with Crippen LogP contribution in [0.3, 0.4) is 0 Å². The molecule has 0 spiro atoms. The minimum atomic E-state index is -1.32. The Balaban J connectivity index is 2.75. The molecule has 1 N–H and O–H groups in total. The first kappa shape index (κ1) is 12.9. The van der Waals surface area contributed by atoms with E-state index in [0.717, 1.165) is 5.56 Å². The Morgan fingerprint density at radius 3 is 2.31 bits per heavy atom. The SMILES string of the molecule is CCOCc1ccc(C(=O)C(C)(C)O)cc1. The van der Waals surface area contributed by atoms with Crippen LogP contribution >= 0.6 is 0 Å². The molecule has 0 aliphatic heterocycles. The molecule has 0 fully saturated rings. The fraction of sp³-hybridized carbons (Fsp3) is 0.462. The highest BCUT2D eigenvalue weighted by atomic mass is 16.5. The summed E-state index contributed by atoms with van der Waals surface area (Å²) < 4.78 is 5.25. The molecule has 1 aromatic rings. The van der Waals surface area contributed by atoms with Gasteiger partial charge in [-0.05, 0) is 26.3 Å². The summed E-state index contributed by atoms with van der Waals surface area (Å²) in [6.45, 7) is 6.14. The Morgan fingerprint density at radius 2 is 1.88 bits per heavy atom. The first-order valence-electron chi connectivity index (χ1n) is 5.39. The molecule has 16 heavy (non-hydrogen) atoms. The molecule has 0 aliphatic carbocycles. The van der Waals surface area contributed by atoms with Gasteiger partial charge in [-0.2, -0.15) is 0 Å². The van der Waals surface area contributed by atoms with E-state index in [9.17, 15) is 9.90 Å². The van der Waals surface area contributed by atoms with E-state index in [-0.39, 0.29) is 5.78 Å². The molecule has 0 atom stereocenters. The van der Waals surface area contributed by atoms with E-state index >= 15 is 0 Å². The lowest BCUT2D eigenvalue weighted by molar-refractivity contribution is 0.0488. The molecule has 0 saturated carbocycles. The predicted octanol–water partition coefficient (Wildman–Crippen LogP) is 2.18.